The fraction of sp³-hybridized carbons (Fsp3) is 0.375. The van der Waals surface area contributed by atoms with Crippen molar-refractivity contribution in [2.45, 2.75) is 13.8 Å². The van der Waals surface area contributed by atoms with Gasteiger partial charge in [-0.05, 0) is 19.9 Å². The van der Waals surface area contributed by atoms with Crippen LogP contribution in [0.3, 0.4) is 0 Å². The Morgan fingerprint density at radius 2 is 1.92 bits per heavy atom. The molecule has 1 N–H and O–H groups in total. The molecule has 0 amide bonds. The predicted molar refractivity (Wildman–Crippen MR) is 41.7 cm³/mol. The molecule has 0 spiro atoms. The summed E-state index contributed by atoms with van der Waals surface area (Å²) in [4.78, 5) is 9.64. The molecule has 0 heterocycles. The SMILES string of the molecule is C/C=C/C=C/C(=O)[O-].CCO.[K+]. The Labute approximate surface area is 116 Å². The van der Waals surface area contributed by atoms with Gasteiger partial charge in [0.1, 0.15) is 0 Å². The maximum atomic E-state index is 9.64. The summed E-state index contributed by atoms with van der Waals surface area (Å²) in [6.45, 7) is 3.74. The zero-order valence-electron chi connectivity index (χ0n) is 7.78. The van der Waals surface area contributed by atoms with Gasteiger partial charge in [0.2, 0.25) is 0 Å². The molecule has 0 bridgehead atoms. The number of hydrogen-bond acceptors (Lipinski definition) is 3. The van der Waals surface area contributed by atoms with Gasteiger partial charge in [0.15, 0.2) is 0 Å². The molecule has 0 aromatic carbocycles. The smallest absolute Gasteiger partial charge is 0.545 e. The molecule has 0 saturated carbocycles. The number of aliphatic hydroxyl groups excluding tert-OH is 1. The maximum absolute atomic E-state index is 9.64. The van der Waals surface area contributed by atoms with Crippen LogP contribution in [0.15, 0.2) is 24.3 Å². The van der Waals surface area contributed by atoms with Gasteiger partial charge >= 0.3 is 51.4 Å². The van der Waals surface area contributed by atoms with Crippen LogP contribution >= 0.6 is 0 Å². The molecule has 0 aromatic heterocycles. The van der Waals surface area contributed by atoms with Gasteiger partial charge in [0.05, 0.1) is 5.97 Å². The summed E-state index contributed by atoms with van der Waals surface area (Å²) in [5.41, 5.74) is 0. The van der Waals surface area contributed by atoms with Crippen molar-refractivity contribution in [2.24, 2.45) is 0 Å². The van der Waals surface area contributed by atoms with Gasteiger partial charge in [-0.25, -0.2) is 0 Å². The second-order valence-electron chi connectivity index (χ2n) is 1.52. The number of carboxylic acid groups (broad SMARTS) is 1. The molecule has 4 heteroatoms. The van der Waals surface area contributed by atoms with E-state index in [0.29, 0.717) is 0 Å². The molecule has 0 radical (unpaired) electrons. The van der Waals surface area contributed by atoms with Crippen molar-refractivity contribution in [3.63, 3.8) is 0 Å². The van der Waals surface area contributed by atoms with Crippen LogP contribution in [-0.2, 0) is 4.79 Å². The maximum Gasteiger partial charge on any atom is 1.00 e. The van der Waals surface area contributed by atoms with E-state index in [1.54, 1.807) is 26.0 Å². The average Bonchev–Trinajstić information content (AvgIpc) is 1.89. The molecule has 0 rings (SSSR count). The van der Waals surface area contributed by atoms with Crippen molar-refractivity contribution in [1.29, 1.82) is 0 Å². The molecule has 12 heavy (non-hydrogen) atoms. The van der Waals surface area contributed by atoms with Gasteiger partial charge in [0.25, 0.3) is 0 Å². The summed E-state index contributed by atoms with van der Waals surface area (Å²) in [5, 5.41) is 17.2. The number of rotatable bonds is 2. The third kappa shape index (κ3) is 31.2. The first-order chi connectivity index (χ1) is 5.18. The first-order valence-electron chi connectivity index (χ1n) is 3.30. The number of aliphatic carboxylic acids is 1. The van der Waals surface area contributed by atoms with E-state index >= 15 is 0 Å². The molecule has 0 aliphatic rings. The molecule has 0 aliphatic carbocycles. The predicted octanol–water partition coefficient (Wildman–Crippen LogP) is -3.13. The normalized spacial score (nSPS) is 8.92. The number of carbonyl (C=O) groups excluding carboxylic acids is 1. The average molecular weight is 196 g/mol. The zero-order valence-corrected chi connectivity index (χ0v) is 10.9. The van der Waals surface area contributed by atoms with Crippen LogP contribution in [-0.4, -0.2) is 17.7 Å². The van der Waals surface area contributed by atoms with Gasteiger partial charge < -0.3 is 15.0 Å². The van der Waals surface area contributed by atoms with Crippen LogP contribution in [0.5, 0.6) is 0 Å². The van der Waals surface area contributed by atoms with E-state index in [9.17, 15) is 9.90 Å². The van der Waals surface area contributed by atoms with E-state index in [0.717, 1.165) is 6.08 Å². The summed E-state index contributed by atoms with van der Waals surface area (Å²) >= 11 is 0. The fourth-order valence-electron chi connectivity index (χ4n) is 0.245. The van der Waals surface area contributed by atoms with Crippen LogP contribution in [0, 0.1) is 0 Å². The molecule has 0 fully saturated rings. The van der Waals surface area contributed by atoms with Gasteiger partial charge in [-0.2, -0.15) is 0 Å². The van der Waals surface area contributed by atoms with Crippen LogP contribution in [0.25, 0.3) is 0 Å². The molecule has 0 atom stereocenters. The Bertz CT molecular complexity index is 141. The van der Waals surface area contributed by atoms with Crippen molar-refractivity contribution >= 4 is 5.97 Å². The Hall–Kier alpha value is 0.546. The topological polar surface area (TPSA) is 60.4 Å². The van der Waals surface area contributed by atoms with E-state index in [1.807, 2.05) is 0 Å². The molecule has 0 aliphatic heterocycles. The molecule has 0 aromatic rings. The fourth-order valence-corrected chi connectivity index (χ4v) is 0.245. The second-order valence-corrected chi connectivity index (χ2v) is 1.52. The first kappa shape index (κ1) is 18.4. The number of carbonyl (C=O) groups is 1. The van der Waals surface area contributed by atoms with Crippen molar-refractivity contribution in [3.05, 3.63) is 24.3 Å². The molecule has 64 valence electrons. The second kappa shape index (κ2) is 17.6. The third-order valence-corrected chi connectivity index (χ3v) is 0.536. The van der Waals surface area contributed by atoms with Gasteiger partial charge in [-0.3, -0.25) is 0 Å². The summed E-state index contributed by atoms with van der Waals surface area (Å²) in [5.74, 6) is -1.16. The largest absolute Gasteiger partial charge is 1.00 e. The van der Waals surface area contributed by atoms with Crippen LogP contribution in [0.1, 0.15) is 13.8 Å². The zero-order chi connectivity index (χ0) is 9.11. The molecule has 0 unspecified atom stereocenters. The van der Waals surface area contributed by atoms with E-state index in [2.05, 4.69) is 0 Å². The minimum Gasteiger partial charge on any atom is -0.545 e. The molecule has 3 nitrogen and oxygen atoms in total. The molecular formula is C8H13KO3. The third-order valence-electron chi connectivity index (χ3n) is 0.536. The summed E-state index contributed by atoms with van der Waals surface area (Å²) in [7, 11) is 0. The van der Waals surface area contributed by atoms with E-state index in [4.69, 9.17) is 5.11 Å². The number of carboxylic acids is 1. The minimum atomic E-state index is -1.16. The van der Waals surface area contributed by atoms with Gasteiger partial charge in [0, 0.05) is 6.61 Å². The number of aliphatic hydroxyl groups is 1. The van der Waals surface area contributed by atoms with Crippen molar-refractivity contribution in [3.8, 4) is 0 Å². The quantitative estimate of drug-likeness (QED) is 0.289. The van der Waals surface area contributed by atoms with Crippen LogP contribution in [0.2, 0.25) is 0 Å². The van der Waals surface area contributed by atoms with Gasteiger partial charge in [-0.1, -0.05) is 18.2 Å². The summed E-state index contributed by atoms with van der Waals surface area (Å²) in [6.07, 6.45) is 5.74. The Balaban J connectivity index is -0.000000177. The number of allylic oxidation sites excluding steroid dienone is 3. The van der Waals surface area contributed by atoms with Gasteiger partial charge in [-0.15, -0.1) is 0 Å². The minimum absolute atomic E-state index is 0. The van der Waals surface area contributed by atoms with E-state index in [1.165, 1.54) is 6.08 Å². The van der Waals surface area contributed by atoms with Crippen LogP contribution in [0.4, 0.5) is 0 Å². The summed E-state index contributed by atoms with van der Waals surface area (Å²) in [6, 6.07) is 0. The Kier molecular flexibility index (Phi) is 26.9. The van der Waals surface area contributed by atoms with E-state index in [-0.39, 0.29) is 58.0 Å². The van der Waals surface area contributed by atoms with Crippen molar-refractivity contribution in [2.75, 3.05) is 6.61 Å². The van der Waals surface area contributed by atoms with E-state index < -0.39 is 5.97 Å². The molecular weight excluding hydrogens is 183 g/mol. The van der Waals surface area contributed by atoms with Crippen LogP contribution < -0.4 is 56.5 Å². The van der Waals surface area contributed by atoms with Crippen molar-refractivity contribution < 1.29 is 66.4 Å². The Morgan fingerprint density at radius 1 is 1.50 bits per heavy atom. The molecule has 0 saturated heterocycles. The number of hydrogen-bond donors (Lipinski definition) is 1. The van der Waals surface area contributed by atoms with Crippen molar-refractivity contribution in [1.82, 2.24) is 0 Å². The first-order valence-corrected chi connectivity index (χ1v) is 3.30. The summed E-state index contributed by atoms with van der Waals surface area (Å²) < 4.78 is 0. The Morgan fingerprint density at radius 3 is 2.17 bits per heavy atom. The standard InChI is InChI=1S/C6H8O2.C2H6O.K/c1-2-3-4-5-6(7)8;1-2-3;/h2-5H,1H3,(H,7,8);3H,2H2,1H3;/q;;+1/p-1/b3-2+,5-4+;;. The monoisotopic (exact) mass is 196 g/mol.